The molecule has 2 atom stereocenters. The third kappa shape index (κ3) is 4.46. The average Bonchev–Trinajstić information content (AvgIpc) is 2.40. The van der Waals surface area contributed by atoms with Crippen LogP contribution < -0.4 is 10.1 Å². The van der Waals surface area contributed by atoms with Gasteiger partial charge in [0.2, 0.25) is 0 Å². The summed E-state index contributed by atoms with van der Waals surface area (Å²) in [4.78, 5) is 4.20. The molecular weight excluding hydrogens is 252 g/mol. The maximum Gasteiger partial charge on any atom is 0.127 e. The lowest BCUT2D eigenvalue weighted by molar-refractivity contribution is -0.0723. The first kappa shape index (κ1) is 15.3. The fourth-order valence-corrected chi connectivity index (χ4v) is 2.68. The lowest BCUT2D eigenvalue weighted by atomic mass is 10.0. The summed E-state index contributed by atoms with van der Waals surface area (Å²) in [5.74, 6) is 0.954. The van der Waals surface area contributed by atoms with Crippen molar-refractivity contribution in [2.24, 2.45) is 0 Å². The molecule has 0 radical (unpaired) electrons. The van der Waals surface area contributed by atoms with Crippen molar-refractivity contribution in [3.63, 3.8) is 0 Å². The van der Waals surface area contributed by atoms with Crippen LogP contribution in [0.3, 0.4) is 0 Å². The molecule has 1 aromatic heterocycles. The summed E-state index contributed by atoms with van der Waals surface area (Å²) < 4.78 is 12.0. The van der Waals surface area contributed by atoms with Gasteiger partial charge in [-0.05, 0) is 32.9 Å². The van der Waals surface area contributed by atoms with E-state index in [0.717, 1.165) is 43.7 Å². The number of hydrogen-bond acceptors (Lipinski definition) is 4. The van der Waals surface area contributed by atoms with Crippen molar-refractivity contribution in [3.05, 3.63) is 24.0 Å². The summed E-state index contributed by atoms with van der Waals surface area (Å²) >= 11 is 0. The molecule has 0 spiro atoms. The summed E-state index contributed by atoms with van der Waals surface area (Å²) in [5.41, 5.74) is 1.13. The van der Waals surface area contributed by atoms with Crippen LogP contribution in [0, 0.1) is 0 Å². The van der Waals surface area contributed by atoms with Gasteiger partial charge >= 0.3 is 0 Å². The van der Waals surface area contributed by atoms with Crippen LogP contribution in [0.15, 0.2) is 18.5 Å². The normalized spacial score (nSPS) is 26.4. The second-order valence-corrected chi connectivity index (χ2v) is 5.63. The molecule has 0 saturated carbocycles. The topological polar surface area (TPSA) is 43.4 Å². The fraction of sp³-hybridized carbons (Fsp3) is 0.688. The Kier molecular flexibility index (Phi) is 5.80. The quantitative estimate of drug-likeness (QED) is 0.813. The van der Waals surface area contributed by atoms with Gasteiger partial charge in [0, 0.05) is 37.3 Å². The summed E-state index contributed by atoms with van der Waals surface area (Å²) in [6.07, 6.45) is 7.50. The van der Waals surface area contributed by atoms with E-state index in [2.05, 4.69) is 31.1 Å². The van der Waals surface area contributed by atoms with Gasteiger partial charge < -0.3 is 14.8 Å². The average molecular weight is 278 g/mol. The van der Waals surface area contributed by atoms with Crippen molar-refractivity contribution in [1.29, 1.82) is 0 Å². The monoisotopic (exact) mass is 278 g/mol. The molecule has 2 unspecified atom stereocenters. The number of ether oxygens (including phenoxy) is 2. The predicted molar refractivity (Wildman–Crippen MR) is 79.9 cm³/mol. The molecule has 4 nitrogen and oxygen atoms in total. The van der Waals surface area contributed by atoms with Crippen LogP contribution in [0.25, 0.3) is 0 Å². The van der Waals surface area contributed by atoms with E-state index in [4.69, 9.17) is 9.47 Å². The van der Waals surface area contributed by atoms with Gasteiger partial charge in [-0.25, -0.2) is 0 Å². The Morgan fingerprint density at radius 1 is 1.35 bits per heavy atom. The van der Waals surface area contributed by atoms with Crippen molar-refractivity contribution in [2.75, 3.05) is 6.54 Å². The summed E-state index contributed by atoms with van der Waals surface area (Å²) in [6.45, 7) is 8.22. The van der Waals surface area contributed by atoms with Crippen LogP contribution in [0.1, 0.15) is 45.6 Å². The zero-order valence-corrected chi connectivity index (χ0v) is 12.8. The Bertz CT molecular complexity index is 401. The van der Waals surface area contributed by atoms with E-state index in [0.29, 0.717) is 0 Å². The lowest BCUT2D eigenvalue weighted by Gasteiger charge is -2.32. The second-order valence-electron chi connectivity index (χ2n) is 5.63. The van der Waals surface area contributed by atoms with E-state index in [1.165, 1.54) is 0 Å². The Labute approximate surface area is 121 Å². The zero-order chi connectivity index (χ0) is 14.4. The molecule has 1 aliphatic rings. The Hall–Kier alpha value is -1.13. The number of nitrogens with zero attached hydrogens (tertiary/aromatic N) is 1. The number of hydrogen-bond donors (Lipinski definition) is 1. The Balaban J connectivity index is 1.97. The maximum atomic E-state index is 6.20. The number of nitrogens with one attached hydrogen (secondary N) is 1. The molecule has 2 heterocycles. The molecule has 20 heavy (non-hydrogen) atoms. The van der Waals surface area contributed by atoms with Crippen molar-refractivity contribution in [2.45, 2.75) is 64.9 Å². The smallest absolute Gasteiger partial charge is 0.127 e. The van der Waals surface area contributed by atoms with E-state index in [1.807, 2.05) is 12.3 Å². The molecule has 1 N–H and O–H groups in total. The third-order valence-electron chi connectivity index (χ3n) is 3.55. The van der Waals surface area contributed by atoms with Gasteiger partial charge in [-0.1, -0.05) is 6.92 Å². The Morgan fingerprint density at radius 2 is 2.10 bits per heavy atom. The highest BCUT2D eigenvalue weighted by molar-refractivity contribution is 5.30. The van der Waals surface area contributed by atoms with Crippen molar-refractivity contribution >= 4 is 0 Å². The van der Waals surface area contributed by atoms with E-state index in [9.17, 15) is 0 Å². The molecule has 0 amide bonds. The second kappa shape index (κ2) is 7.60. The summed E-state index contributed by atoms with van der Waals surface area (Å²) in [6, 6.07) is 1.97. The minimum Gasteiger partial charge on any atom is -0.490 e. The van der Waals surface area contributed by atoms with Gasteiger partial charge in [-0.15, -0.1) is 0 Å². The first-order valence-corrected chi connectivity index (χ1v) is 7.64. The van der Waals surface area contributed by atoms with Gasteiger partial charge in [0.1, 0.15) is 11.9 Å². The third-order valence-corrected chi connectivity index (χ3v) is 3.55. The number of pyridine rings is 1. The van der Waals surface area contributed by atoms with Gasteiger partial charge in [0.25, 0.3) is 0 Å². The SMILES string of the molecule is CCCNCc1cnccc1OC1CC(C)OC(C)C1. The molecule has 1 saturated heterocycles. The number of aromatic nitrogens is 1. The standard InChI is InChI=1S/C16H26N2O2/c1-4-6-17-10-14-11-18-7-5-16(14)20-15-8-12(2)19-13(3)9-15/h5,7,11-13,15,17H,4,6,8-10H2,1-3H3. The van der Waals surface area contributed by atoms with Crippen molar-refractivity contribution < 1.29 is 9.47 Å². The van der Waals surface area contributed by atoms with Crippen LogP contribution in [0.4, 0.5) is 0 Å². The van der Waals surface area contributed by atoms with Gasteiger partial charge in [0.15, 0.2) is 0 Å². The van der Waals surface area contributed by atoms with Crippen molar-refractivity contribution in [3.8, 4) is 5.75 Å². The predicted octanol–water partition coefficient (Wildman–Crippen LogP) is 2.92. The van der Waals surface area contributed by atoms with E-state index in [-0.39, 0.29) is 18.3 Å². The molecule has 0 aromatic carbocycles. The minimum atomic E-state index is 0.237. The highest BCUT2D eigenvalue weighted by Gasteiger charge is 2.26. The van der Waals surface area contributed by atoms with Crippen LogP contribution in [0.2, 0.25) is 0 Å². The van der Waals surface area contributed by atoms with E-state index in [1.54, 1.807) is 6.20 Å². The molecule has 0 aliphatic carbocycles. The van der Waals surface area contributed by atoms with Gasteiger partial charge in [0.05, 0.1) is 12.2 Å². The molecule has 1 aromatic rings. The van der Waals surface area contributed by atoms with E-state index >= 15 is 0 Å². The molecule has 2 rings (SSSR count). The first-order chi connectivity index (χ1) is 9.69. The highest BCUT2D eigenvalue weighted by Crippen LogP contribution is 2.26. The lowest BCUT2D eigenvalue weighted by Crippen LogP contribution is -2.36. The van der Waals surface area contributed by atoms with Crippen LogP contribution in [-0.2, 0) is 11.3 Å². The van der Waals surface area contributed by atoms with Gasteiger partial charge in [-0.2, -0.15) is 0 Å². The first-order valence-electron chi connectivity index (χ1n) is 7.64. The maximum absolute atomic E-state index is 6.20. The van der Waals surface area contributed by atoms with Crippen LogP contribution >= 0.6 is 0 Å². The van der Waals surface area contributed by atoms with Gasteiger partial charge in [-0.3, -0.25) is 4.98 Å². The summed E-state index contributed by atoms with van der Waals surface area (Å²) in [5, 5.41) is 3.40. The molecule has 112 valence electrons. The minimum absolute atomic E-state index is 0.237. The van der Waals surface area contributed by atoms with E-state index < -0.39 is 0 Å². The Morgan fingerprint density at radius 3 is 2.80 bits per heavy atom. The van der Waals surface area contributed by atoms with Crippen molar-refractivity contribution in [1.82, 2.24) is 10.3 Å². The van der Waals surface area contributed by atoms with Crippen LogP contribution in [-0.4, -0.2) is 29.8 Å². The molecular formula is C16H26N2O2. The molecule has 0 bridgehead atoms. The zero-order valence-electron chi connectivity index (χ0n) is 12.8. The number of rotatable bonds is 6. The molecule has 4 heteroatoms. The molecule has 1 fully saturated rings. The molecule has 1 aliphatic heterocycles. The van der Waals surface area contributed by atoms with Crippen LogP contribution in [0.5, 0.6) is 5.75 Å². The largest absolute Gasteiger partial charge is 0.490 e. The summed E-state index contributed by atoms with van der Waals surface area (Å²) in [7, 11) is 0. The fourth-order valence-electron chi connectivity index (χ4n) is 2.68. The highest BCUT2D eigenvalue weighted by atomic mass is 16.5.